The van der Waals surface area contributed by atoms with Crippen molar-refractivity contribution in [3.05, 3.63) is 169 Å². The van der Waals surface area contributed by atoms with Gasteiger partial charge in [0.15, 0.2) is 0 Å². The van der Waals surface area contributed by atoms with E-state index in [0.717, 1.165) is 65.2 Å². The standard InChI is InChI=1S/C52H26N4S2/c53-27-31-22-44(56-42-20-18-30-10-2-4-12-34(30)52(42)40-24-38-36-14-6-8-16-48(36)58-50(38)26-46(40)56)32(28-54)21-43(31)55-41-19-17-29-9-1-3-11-33(29)51(41)39-23-37-35-13-5-7-15-47(35)57-49(37)25-45(39)55/h1-26H. The summed E-state index contributed by atoms with van der Waals surface area (Å²) in [7, 11) is 0. The number of hydrogen-bond acceptors (Lipinski definition) is 4. The van der Waals surface area contributed by atoms with Crippen LogP contribution >= 0.6 is 22.7 Å². The molecule has 6 heteroatoms. The minimum atomic E-state index is 0.496. The zero-order chi connectivity index (χ0) is 38.2. The van der Waals surface area contributed by atoms with Gasteiger partial charge in [-0.3, -0.25) is 0 Å². The number of nitrogens with zero attached hydrogens (tertiary/aromatic N) is 4. The Morgan fingerprint density at radius 2 is 0.759 bits per heavy atom. The Labute approximate surface area is 338 Å². The van der Waals surface area contributed by atoms with Gasteiger partial charge in [0.25, 0.3) is 0 Å². The molecule has 0 aliphatic carbocycles. The van der Waals surface area contributed by atoms with Gasteiger partial charge >= 0.3 is 0 Å². The topological polar surface area (TPSA) is 57.4 Å². The van der Waals surface area contributed by atoms with Gasteiger partial charge in [0, 0.05) is 61.9 Å². The molecule has 0 saturated heterocycles. The first-order valence-electron chi connectivity index (χ1n) is 19.2. The highest BCUT2D eigenvalue weighted by Crippen LogP contribution is 2.46. The van der Waals surface area contributed by atoms with Crippen molar-refractivity contribution in [3.8, 4) is 23.5 Å². The minimum absolute atomic E-state index is 0.496. The Morgan fingerprint density at radius 3 is 1.21 bits per heavy atom. The molecule has 0 bridgehead atoms. The lowest BCUT2D eigenvalue weighted by molar-refractivity contribution is 1.13. The van der Waals surface area contributed by atoms with Crippen LogP contribution in [0.2, 0.25) is 0 Å². The lowest BCUT2D eigenvalue weighted by atomic mass is 10.0. The normalized spacial score (nSPS) is 12.1. The third-order valence-corrected chi connectivity index (χ3v) is 14.4. The molecule has 9 aromatic carbocycles. The SMILES string of the molecule is N#Cc1cc(-n2c3cc4sc5ccccc5c4cc3c3c4ccccc4ccc32)c(C#N)cc1-n1c2cc3sc4ccccc4c3cc2c2c3ccccc3ccc21. The van der Waals surface area contributed by atoms with Crippen LogP contribution in [-0.2, 0) is 0 Å². The monoisotopic (exact) mass is 770 g/mol. The van der Waals surface area contributed by atoms with E-state index in [4.69, 9.17) is 0 Å². The summed E-state index contributed by atoms with van der Waals surface area (Å²) < 4.78 is 9.28. The van der Waals surface area contributed by atoms with E-state index in [-0.39, 0.29) is 0 Å². The van der Waals surface area contributed by atoms with Crippen molar-refractivity contribution in [2.75, 3.05) is 0 Å². The highest BCUT2D eigenvalue weighted by atomic mass is 32.1. The molecule has 13 rings (SSSR count). The number of fused-ring (bicyclic) bond motifs is 16. The number of nitriles is 2. The highest BCUT2D eigenvalue weighted by molar-refractivity contribution is 7.26. The van der Waals surface area contributed by atoms with Gasteiger partial charge in [0.05, 0.1) is 44.6 Å². The van der Waals surface area contributed by atoms with Gasteiger partial charge in [-0.2, -0.15) is 10.5 Å². The molecule has 0 aliphatic rings. The van der Waals surface area contributed by atoms with E-state index < -0.39 is 0 Å². The highest BCUT2D eigenvalue weighted by Gasteiger charge is 2.24. The van der Waals surface area contributed by atoms with Gasteiger partial charge in [-0.1, -0.05) is 97.1 Å². The molecular formula is C52H26N4S2. The van der Waals surface area contributed by atoms with Crippen molar-refractivity contribution in [3.63, 3.8) is 0 Å². The van der Waals surface area contributed by atoms with Gasteiger partial charge in [-0.15, -0.1) is 22.7 Å². The van der Waals surface area contributed by atoms with Crippen molar-refractivity contribution in [1.82, 2.24) is 9.13 Å². The maximum atomic E-state index is 11.1. The smallest absolute Gasteiger partial charge is 0.101 e. The number of hydrogen-bond donors (Lipinski definition) is 0. The average Bonchev–Trinajstić information content (AvgIpc) is 4.01. The Morgan fingerprint density at radius 1 is 0.345 bits per heavy atom. The molecule has 0 spiro atoms. The summed E-state index contributed by atoms with van der Waals surface area (Å²) in [6.07, 6.45) is 0. The average molecular weight is 771 g/mol. The summed E-state index contributed by atoms with van der Waals surface area (Å²) in [4.78, 5) is 0. The van der Waals surface area contributed by atoms with Gasteiger partial charge < -0.3 is 9.13 Å². The van der Waals surface area contributed by atoms with E-state index in [1.54, 1.807) is 22.7 Å². The summed E-state index contributed by atoms with van der Waals surface area (Å²) >= 11 is 3.57. The van der Waals surface area contributed by atoms with Gasteiger partial charge in [0.1, 0.15) is 12.1 Å². The first kappa shape index (κ1) is 31.7. The Bertz CT molecular complexity index is 3800. The molecule has 0 radical (unpaired) electrons. The van der Waals surface area contributed by atoms with Crippen LogP contribution in [0.4, 0.5) is 0 Å². The Balaban J connectivity index is 1.15. The molecule has 0 fully saturated rings. The molecule has 0 N–H and O–H groups in total. The molecule has 266 valence electrons. The third-order valence-electron chi connectivity index (χ3n) is 12.1. The van der Waals surface area contributed by atoms with Crippen LogP contribution in [0.3, 0.4) is 0 Å². The molecular weight excluding hydrogens is 745 g/mol. The molecule has 0 atom stereocenters. The van der Waals surface area contributed by atoms with Crippen LogP contribution in [0.25, 0.3) is 117 Å². The molecule has 58 heavy (non-hydrogen) atoms. The van der Waals surface area contributed by atoms with E-state index in [9.17, 15) is 10.5 Å². The largest absolute Gasteiger partial charge is 0.308 e. The second kappa shape index (κ2) is 11.5. The van der Waals surface area contributed by atoms with Crippen molar-refractivity contribution in [1.29, 1.82) is 10.5 Å². The second-order valence-electron chi connectivity index (χ2n) is 15.1. The van der Waals surface area contributed by atoms with Gasteiger partial charge in [-0.25, -0.2) is 0 Å². The number of thiophene rings is 2. The van der Waals surface area contributed by atoms with Crippen molar-refractivity contribution in [2.45, 2.75) is 0 Å². The molecule has 0 amide bonds. The molecule has 0 unspecified atom stereocenters. The van der Waals surface area contributed by atoms with Crippen LogP contribution < -0.4 is 0 Å². The molecule has 13 aromatic rings. The fourth-order valence-corrected chi connectivity index (χ4v) is 11.9. The Hall–Kier alpha value is -7.48. The van der Waals surface area contributed by atoms with E-state index in [1.165, 1.54) is 40.3 Å². The minimum Gasteiger partial charge on any atom is -0.308 e. The third kappa shape index (κ3) is 4.15. The first-order chi connectivity index (χ1) is 28.7. The maximum absolute atomic E-state index is 11.1. The van der Waals surface area contributed by atoms with E-state index in [1.807, 2.05) is 12.1 Å². The van der Waals surface area contributed by atoms with Crippen molar-refractivity contribution in [2.24, 2.45) is 0 Å². The van der Waals surface area contributed by atoms with E-state index >= 15 is 0 Å². The second-order valence-corrected chi connectivity index (χ2v) is 17.2. The predicted octanol–water partition coefficient (Wildman–Crippen LogP) is 14.7. The predicted molar refractivity (Wildman–Crippen MR) is 245 cm³/mol. The van der Waals surface area contributed by atoms with Crippen LogP contribution in [0.15, 0.2) is 158 Å². The molecule has 4 heterocycles. The zero-order valence-electron chi connectivity index (χ0n) is 30.6. The van der Waals surface area contributed by atoms with E-state index in [0.29, 0.717) is 22.5 Å². The number of rotatable bonds is 2. The quantitative estimate of drug-likeness (QED) is 0.176. The summed E-state index contributed by atoms with van der Waals surface area (Å²) in [5.41, 5.74) is 6.39. The number of aromatic nitrogens is 2. The Kier molecular flexibility index (Phi) is 6.30. The van der Waals surface area contributed by atoms with E-state index in [2.05, 4.69) is 167 Å². The molecule has 0 saturated carbocycles. The maximum Gasteiger partial charge on any atom is 0.101 e. The van der Waals surface area contributed by atoms with Crippen LogP contribution in [0.5, 0.6) is 0 Å². The van der Waals surface area contributed by atoms with Gasteiger partial charge in [-0.05, 0) is 82.2 Å². The summed E-state index contributed by atoms with van der Waals surface area (Å²) in [6, 6.07) is 61.1. The zero-order valence-corrected chi connectivity index (χ0v) is 32.2. The number of benzene rings is 9. The summed E-state index contributed by atoms with van der Waals surface area (Å²) in [5, 5.41) is 36.3. The molecule has 4 aromatic heterocycles. The summed E-state index contributed by atoms with van der Waals surface area (Å²) in [6.45, 7) is 0. The van der Waals surface area contributed by atoms with Crippen molar-refractivity contribution < 1.29 is 0 Å². The van der Waals surface area contributed by atoms with Crippen LogP contribution in [0, 0.1) is 22.7 Å². The molecule has 4 nitrogen and oxygen atoms in total. The van der Waals surface area contributed by atoms with Crippen molar-refractivity contribution >= 4 is 128 Å². The van der Waals surface area contributed by atoms with Gasteiger partial charge in [0.2, 0.25) is 0 Å². The molecule has 0 aliphatic heterocycles. The lowest BCUT2D eigenvalue weighted by Crippen LogP contribution is -2.04. The lowest BCUT2D eigenvalue weighted by Gasteiger charge is -2.16. The van der Waals surface area contributed by atoms with Crippen LogP contribution in [-0.4, -0.2) is 9.13 Å². The van der Waals surface area contributed by atoms with Crippen LogP contribution in [0.1, 0.15) is 11.1 Å². The fraction of sp³-hybridized carbons (Fsp3) is 0. The first-order valence-corrected chi connectivity index (χ1v) is 20.8. The fourth-order valence-electron chi connectivity index (χ4n) is 9.66. The summed E-state index contributed by atoms with van der Waals surface area (Å²) in [5.74, 6) is 0.